The van der Waals surface area contributed by atoms with E-state index >= 15 is 0 Å². The van der Waals surface area contributed by atoms with Crippen molar-refractivity contribution in [2.45, 2.75) is 84.0 Å². The molecule has 0 aliphatic heterocycles. The van der Waals surface area contributed by atoms with Gasteiger partial charge in [0.1, 0.15) is 5.82 Å². The number of likely N-dealkylation sites (N-methyl/N-ethyl adjacent to an activating group) is 1. The molecule has 0 atom stereocenters. The molecule has 2 aromatic carbocycles. The van der Waals surface area contributed by atoms with Crippen LogP contribution in [0, 0.1) is 5.82 Å². The Morgan fingerprint density at radius 3 is 1.90 bits per heavy atom. The van der Waals surface area contributed by atoms with Crippen molar-refractivity contribution in [1.82, 2.24) is 0 Å². The monoisotopic (exact) mass is 558 g/mol. The molecule has 2 rings (SSSR count). The summed E-state index contributed by atoms with van der Waals surface area (Å²) in [4.78, 5) is 25.0. The van der Waals surface area contributed by atoms with E-state index in [0.29, 0.717) is 27.8 Å². The number of nitrogens with zero attached hydrogens (tertiary/aromatic N) is 1. The van der Waals surface area contributed by atoms with Gasteiger partial charge in [0, 0.05) is 16.8 Å². The van der Waals surface area contributed by atoms with Crippen molar-refractivity contribution in [2.75, 3.05) is 32.5 Å². The standard InChI is InChI=1S/C33H47FN2O2.ClH/c1-4-5-6-7-8-9-10-11-12-13-14-17-26-36(2,3)27-33(38)35-30-23-20-29(21-24-30)32(37)25-22-28-18-15-16-19-31(28)34;/h15-16,18-25H,4-14,17,26-27H2,1-3H3;1H/b25-22+;. The molecule has 0 heterocycles. The zero-order valence-corrected chi connectivity index (χ0v) is 24.9. The summed E-state index contributed by atoms with van der Waals surface area (Å²) in [6, 6.07) is 13.1. The normalized spacial score (nSPS) is 11.4. The molecule has 39 heavy (non-hydrogen) atoms. The van der Waals surface area contributed by atoms with Gasteiger partial charge in [-0.25, -0.2) is 4.39 Å². The van der Waals surface area contributed by atoms with Gasteiger partial charge in [-0.1, -0.05) is 89.3 Å². The Kier molecular flexibility index (Phi) is 17.3. The summed E-state index contributed by atoms with van der Waals surface area (Å²) in [5.41, 5.74) is 1.52. The first kappa shape index (κ1) is 34.5. The number of carbonyl (C=O) groups excluding carboxylic acids is 2. The Bertz CT molecular complexity index is 1010. The van der Waals surface area contributed by atoms with Gasteiger partial charge in [0.05, 0.1) is 20.6 Å². The van der Waals surface area contributed by atoms with E-state index in [1.54, 1.807) is 42.5 Å². The Morgan fingerprint density at radius 2 is 1.33 bits per heavy atom. The molecule has 0 unspecified atom stereocenters. The lowest BCUT2D eigenvalue weighted by molar-refractivity contribution is -0.882. The average Bonchev–Trinajstić information content (AvgIpc) is 2.88. The van der Waals surface area contributed by atoms with Gasteiger partial charge in [-0.15, -0.1) is 0 Å². The predicted molar refractivity (Wildman–Crippen MR) is 158 cm³/mol. The first-order chi connectivity index (χ1) is 18.3. The highest BCUT2D eigenvalue weighted by Gasteiger charge is 2.19. The zero-order valence-electron chi connectivity index (χ0n) is 24.2. The predicted octanol–water partition coefficient (Wildman–Crippen LogP) is 5.44. The van der Waals surface area contributed by atoms with E-state index in [9.17, 15) is 14.0 Å². The second-order valence-corrected chi connectivity index (χ2v) is 11.1. The van der Waals surface area contributed by atoms with Crippen molar-refractivity contribution in [1.29, 1.82) is 0 Å². The molecule has 0 radical (unpaired) electrons. The first-order valence-electron chi connectivity index (χ1n) is 14.5. The van der Waals surface area contributed by atoms with E-state index in [1.807, 2.05) is 0 Å². The fourth-order valence-electron chi connectivity index (χ4n) is 4.64. The molecule has 0 spiro atoms. The maximum atomic E-state index is 13.7. The molecule has 4 nitrogen and oxygen atoms in total. The molecular weight excluding hydrogens is 511 g/mol. The maximum Gasteiger partial charge on any atom is 0.279 e. The van der Waals surface area contributed by atoms with Crippen LogP contribution in [-0.4, -0.2) is 43.4 Å². The largest absolute Gasteiger partial charge is 1.00 e. The number of hydrogen-bond donors (Lipinski definition) is 1. The smallest absolute Gasteiger partial charge is 0.279 e. The van der Waals surface area contributed by atoms with Gasteiger partial charge in [-0.2, -0.15) is 0 Å². The van der Waals surface area contributed by atoms with Crippen LogP contribution in [0.2, 0.25) is 0 Å². The molecule has 1 N–H and O–H groups in total. The van der Waals surface area contributed by atoms with Crippen LogP contribution in [0.5, 0.6) is 0 Å². The zero-order chi connectivity index (χ0) is 27.6. The van der Waals surface area contributed by atoms with E-state index in [1.165, 1.54) is 88.8 Å². The summed E-state index contributed by atoms with van der Waals surface area (Å²) < 4.78 is 14.4. The quantitative estimate of drug-likeness (QED) is 0.108. The molecule has 216 valence electrons. The molecule has 0 aliphatic rings. The van der Waals surface area contributed by atoms with Crippen LogP contribution in [0.4, 0.5) is 10.1 Å². The Labute approximate surface area is 242 Å². The van der Waals surface area contributed by atoms with Crippen LogP contribution in [-0.2, 0) is 4.79 Å². The number of benzene rings is 2. The number of quaternary nitrogens is 1. The minimum absolute atomic E-state index is 0. The molecule has 0 saturated carbocycles. The van der Waals surface area contributed by atoms with Crippen LogP contribution >= 0.6 is 0 Å². The lowest BCUT2D eigenvalue weighted by Gasteiger charge is -2.29. The molecular formula is C33H48ClFN2O2. The highest BCUT2D eigenvalue weighted by Crippen LogP contribution is 2.15. The van der Waals surface area contributed by atoms with Crippen LogP contribution in [0.25, 0.3) is 6.08 Å². The van der Waals surface area contributed by atoms with Gasteiger partial charge >= 0.3 is 0 Å². The van der Waals surface area contributed by atoms with Crippen LogP contribution in [0.1, 0.15) is 99.9 Å². The van der Waals surface area contributed by atoms with E-state index in [2.05, 4.69) is 26.3 Å². The number of carbonyl (C=O) groups is 2. The number of rotatable bonds is 19. The second-order valence-electron chi connectivity index (χ2n) is 11.1. The number of unbranched alkanes of at least 4 members (excludes halogenated alkanes) is 11. The molecule has 0 bridgehead atoms. The molecule has 2 aromatic rings. The lowest BCUT2D eigenvalue weighted by Crippen LogP contribution is -3.00. The summed E-state index contributed by atoms with van der Waals surface area (Å²) in [6.45, 7) is 3.65. The summed E-state index contributed by atoms with van der Waals surface area (Å²) in [7, 11) is 4.20. The molecule has 0 aliphatic carbocycles. The fraction of sp³-hybridized carbons (Fsp3) is 0.515. The van der Waals surface area contributed by atoms with Crippen molar-refractivity contribution < 1.29 is 30.9 Å². The van der Waals surface area contributed by atoms with Crippen LogP contribution in [0.3, 0.4) is 0 Å². The molecule has 6 heteroatoms. The van der Waals surface area contributed by atoms with Gasteiger partial charge in [0.2, 0.25) is 0 Å². The highest BCUT2D eigenvalue weighted by molar-refractivity contribution is 6.07. The molecule has 0 saturated heterocycles. The fourth-order valence-corrected chi connectivity index (χ4v) is 4.64. The minimum atomic E-state index is -0.366. The Hall–Kier alpha value is -2.50. The average molecular weight is 559 g/mol. The third-order valence-corrected chi connectivity index (χ3v) is 6.96. The van der Waals surface area contributed by atoms with E-state index in [-0.39, 0.29) is 29.9 Å². The number of amides is 1. The third-order valence-electron chi connectivity index (χ3n) is 6.96. The van der Waals surface area contributed by atoms with E-state index in [4.69, 9.17) is 0 Å². The number of nitrogens with one attached hydrogen (secondary N) is 1. The van der Waals surface area contributed by atoms with Crippen molar-refractivity contribution in [3.05, 3.63) is 71.6 Å². The van der Waals surface area contributed by atoms with Gasteiger partial charge < -0.3 is 22.2 Å². The Balaban J connectivity index is 0.00000760. The SMILES string of the molecule is CCCCCCCCCCCCCC[N+](C)(C)CC(=O)Nc1ccc(C(=O)/C=C/c2ccccc2F)cc1.[Cl-]. The van der Waals surface area contributed by atoms with Crippen molar-refractivity contribution in [3.63, 3.8) is 0 Å². The highest BCUT2D eigenvalue weighted by atomic mass is 35.5. The topological polar surface area (TPSA) is 46.2 Å². The van der Waals surface area contributed by atoms with E-state index < -0.39 is 0 Å². The third kappa shape index (κ3) is 15.0. The number of allylic oxidation sites excluding steroid dienone is 1. The van der Waals surface area contributed by atoms with Crippen LogP contribution in [0.15, 0.2) is 54.6 Å². The first-order valence-corrected chi connectivity index (χ1v) is 14.5. The maximum absolute atomic E-state index is 13.7. The molecule has 0 fully saturated rings. The lowest BCUT2D eigenvalue weighted by atomic mass is 10.1. The minimum Gasteiger partial charge on any atom is -1.00 e. The Morgan fingerprint density at radius 1 is 0.795 bits per heavy atom. The van der Waals surface area contributed by atoms with Crippen molar-refractivity contribution in [3.8, 4) is 0 Å². The van der Waals surface area contributed by atoms with Crippen LogP contribution < -0.4 is 17.7 Å². The number of anilines is 1. The summed E-state index contributed by atoms with van der Waals surface area (Å²) in [6.07, 6.45) is 18.8. The van der Waals surface area contributed by atoms with E-state index in [0.717, 1.165) is 13.0 Å². The van der Waals surface area contributed by atoms with Gasteiger partial charge in [-0.05, 0) is 55.3 Å². The van der Waals surface area contributed by atoms with Crippen molar-refractivity contribution >= 4 is 23.5 Å². The number of hydrogen-bond acceptors (Lipinski definition) is 2. The van der Waals surface area contributed by atoms with Gasteiger partial charge in [0.15, 0.2) is 12.3 Å². The van der Waals surface area contributed by atoms with Gasteiger partial charge in [0.25, 0.3) is 5.91 Å². The van der Waals surface area contributed by atoms with Gasteiger partial charge in [-0.3, -0.25) is 9.59 Å². The number of ketones is 1. The second kappa shape index (κ2) is 19.5. The van der Waals surface area contributed by atoms with Crippen molar-refractivity contribution in [2.24, 2.45) is 0 Å². The summed E-state index contributed by atoms with van der Waals surface area (Å²) in [5.74, 6) is -0.617. The summed E-state index contributed by atoms with van der Waals surface area (Å²) >= 11 is 0. The molecule has 1 amide bonds. The number of halogens is 2. The molecule has 0 aromatic heterocycles. The summed E-state index contributed by atoms with van der Waals surface area (Å²) in [5, 5.41) is 2.94.